The summed E-state index contributed by atoms with van der Waals surface area (Å²) in [5.74, 6) is -0.396. The lowest BCUT2D eigenvalue weighted by molar-refractivity contribution is 0.403. The largest absolute Gasteiger partial charge is 0.504 e. The van der Waals surface area contributed by atoms with Crippen molar-refractivity contribution in [1.82, 2.24) is 4.98 Å². The Bertz CT molecular complexity index is 847. The van der Waals surface area contributed by atoms with E-state index >= 15 is 0 Å². The molecule has 0 spiro atoms. The number of para-hydroxylation sites is 1. The van der Waals surface area contributed by atoms with Gasteiger partial charge < -0.3 is 10.2 Å². The minimum atomic E-state index is -0.209. The minimum absolute atomic E-state index is 0.187. The maximum Gasteiger partial charge on any atom is 0.203 e. The van der Waals surface area contributed by atoms with Crippen LogP contribution in [0.2, 0.25) is 5.02 Å². The number of benzene rings is 2. The zero-order chi connectivity index (χ0) is 16.2. The van der Waals surface area contributed by atoms with Crippen molar-refractivity contribution in [2.75, 3.05) is 5.43 Å². The van der Waals surface area contributed by atoms with E-state index in [2.05, 4.69) is 15.5 Å². The summed E-state index contributed by atoms with van der Waals surface area (Å²) < 4.78 is 0. The first-order chi connectivity index (χ1) is 11.1. The predicted octanol–water partition coefficient (Wildman–Crippen LogP) is 4.32. The third-order valence-corrected chi connectivity index (χ3v) is 4.05. The van der Waals surface area contributed by atoms with Crippen molar-refractivity contribution in [2.45, 2.75) is 0 Å². The van der Waals surface area contributed by atoms with Crippen molar-refractivity contribution in [3.63, 3.8) is 0 Å². The average molecular weight is 346 g/mol. The van der Waals surface area contributed by atoms with Crippen LogP contribution in [0.5, 0.6) is 11.5 Å². The molecule has 0 atom stereocenters. The first kappa shape index (κ1) is 15.3. The molecule has 116 valence electrons. The predicted molar refractivity (Wildman–Crippen MR) is 93.5 cm³/mol. The molecule has 0 saturated carbocycles. The third-order valence-electron chi connectivity index (χ3n) is 3.05. The van der Waals surface area contributed by atoms with E-state index in [1.54, 1.807) is 12.1 Å². The van der Waals surface area contributed by atoms with Crippen LogP contribution in [-0.4, -0.2) is 21.4 Å². The highest BCUT2D eigenvalue weighted by Gasteiger charge is 2.05. The molecule has 3 rings (SSSR count). The van der Waals surface area contributed by atoms with Gasteiger partial charge in [0.2, 0.25) is 5.13 Å². The van der Waals surface area contributed by atoms with Crippen molar-refractivity contribution in [3.05, 3.63) is 58.4 Å². The highest BCUT2D eigenvalue weighted by molar-refractivity contribution is 7.14. The Balaban J connectivity index is 1.71. The van der Waals surface area contributed by atoms with Gasteiger partial charge in [-0.3, -0.25) is 5.43 Å². The van der Waals surface area contributed by atoms with Gasteiger partial charge in [-0.25, -0.2) is 4.98 Å². The van der Waals surface area contributed by atoms with Crippen molar-refractivity contribution in [2.24, 2.45) is 5.10 Å². The average Bonchev–Trinajstić information content (AvgIpc) is 3.01. The van der Waals surface area contributed by atoms with Gasteiger partial charge in [-0.15, -0.1) is 11.3 Å². The fourth-order valence-corrected chi connectivity index (χ4v) is 2.68. The number of anilines is 1. The third kappa shape index (κ3) is 3.61. The van der Waals surface area contributed by atoms with E-state index in [-0.39, 0.29) is 11.5 Å². The standard InChI is InChI=1S/C16H12ClN3O2S/c17-12-6-4-10(5-7-12)13-9-23-16(19-13)20-18-8-11-2-1-3-14(21)15(11)22/h1-9,21-22H,(H,19,20)/b18-8+. The van der Waals surface area contributed by atoms with Crippen LogP contribution in [0.15, 0.2) is 52.9 Å². The van der Waals surface area contributed by atoms with Crippen LogP contribution in [0.25, 0.3) is 11.3 Å². The number of nitrogens with one attached hydrogen (secondary N) is 1. The fraction of sp³-hybridized carbons (Fsp3) is 0. The first-order valence-electron chi connectivity index (χ1n) is 6.65. The van der Waals surface area contributed by atoms with E-state index < -0.39 is 0 Å². The molecule has 0 unspecified atom stereocenters. The van der Waals surface area contributed by atoms with Gasteiger partial charge in [0.15, 0.2) is 11.5 Å². The Morgan fingerprint density at radius 2 is 1.91 bits per heavy atom. The van der Waals surface area contributed by atoms with Gasteiger partial charge >= 0.3 is 0 Å². The summed E-state index contributed by atoms with van der Waals surface area (Å²) in [6, 6.07) is 12.1. The second-order valence-electron chi connectivity index (χ2n) is 4.63. The Morgan fingerprint density at radius 1 is 1.13 bits per heavy atom. The summed E-state index contributed by atoms with van der Waals surface area (Å²) >= 11 is 7.28. The van der Waals surface area contributed by atoms with E-state index in [9.17, 15) is 10.2 Å². The van der Waals surface area contributed by atoms with E-state index in [4.69, 9.17) is 11.6 Å². The summed E-state index contributed by atoms with van der Waals surface area (Å²) in [7, 11) is 0. The molecule has 0 aliphatic heterocycles. The molecule has 1 heterocycles. The van der Waals surface area contributed by atoms with Crippen LogP contribution in [0.3, 0.4) is 0 Å². The van der Waals surface area contributed by atoms with Gasteiger partial charge in [-0.2, -0.15) is 5.10 Å². The minimum Gasteiger partial charge on any atom is -0.504 e. The Labute approximate surface area is 141 Å². The maximum absolute atomic E-state index is 9.68. The molecule has 2 aromatic carbocycles. The van der Waals surface area contributed by atoms with Crippen LogP contribution < -0.4 is 5.43 Å². The summed E-state index contributed by atoms with van der Waals surface area (Å²) in [6.45, 7) is 0. The number of nitrogens with zero attached hydrogens (tertiary/aromatic N) is 2. The van der Waals surface area contributed by atoms with Crippen LogP contribution in [0, 0.1) is 0 Å². The molecule has 5 nitrogen and oxygen atoms in total. The number of halogens is 1. The zero-order valence-electron chi connectivity index (χ0n) is 11.8. The van der Waals surface area contributed by atoms with Gasteiger partial charge in [0, 0.05) is 21.5 Å². The fourth-order valence-electron chi connectivity index (χ4n) is 1.89. The smallest absolute Gasteiger partial charge is 0.203 e. The number of phenols is 2. The Hall–Kier alpha value is -2.57. The highest BCUT2D eigenvalue weighted by Crippen LogP contribution is 2.28. The summed E-state index contributed by atoms with van der Waals surface area (Å²) in [6.07, 6.45) is 1.42. The van der Waals surface area contributed by atoms with Crippen LogP contribution >= 0.6 is 22.9 Å². The molecule has 0 radical (unpaired) electrons. The summed E-state index contributed by atoms with van der Waals surface area (Å²) in [4.78, 5) is 4.42. The van der Waals surface area contributed by atoms with Crippen LogP contribution in [0.4, 0.5) is 5.13 Å². The topological polar surface area (TPSA) is 77.7 Å². The molecule has 0 fully saturated rings. The number of rotatable bonds is 4. The lowest BCUT2D eigenvalue weighted by atomic mass is 10.2. The molecule has 0 saturated heterocycles. The number of aromatic hydroxyl groups is 2. The SMILES string of the molecule is Oc1cccc(/C=N/Nc2nc(-c3ccc(Cl)cc3)cs2)c1O. The number of hydrogen-bond donors (Lipinski definition) is 3. The molecule has 3 aromatic rings. The molecule has 7 heteroatoms. The normalized spacial score (nSPS) is 11.0. The number of aromatic nitrogens is 1. The van der Waals surface area contributed by atoms with Crippen molar-refractivity contribution in [1.29, 1.82) is 0 Å². The summed E-state index contributed by atoms with van der Waals surface area (Å²) in [5, 5.41) is 26.3. The van der Waals surface area contributed by atoms with Gasteiger partial charge in [-0.05, 0) is 24.3 Å². The molecular weight excluding hydrogens is 334 g/mol. The van der Waals surface area contributed by atoms with Gasteiger partial charge in [0.05, 0.1) is 11.9 Å². The maximum atomic E-state index is 9.68. The molecule has 0 bridgehead atoms. The second-order valence-corrected chi connectivity index (χ2v) is 5.92. The van der Waals surface area contributed by atoms with E-state index in [1.807, 2.05) is 29.6 Å². The molecule has 0 amide bonds. The molecular formula is C16H12ClN3O2S. The lowest BCUT2D eigenvalue weighted by Gasteiger charge is -2.00. The van der Waals surface area contributed by atoms with Crippen molar-refractivity contribution < 1.29 is 10.2 Å². The van der Waals surface area contributed by atoms with Gasteiger partial charge in [0.1, 0.15) is 0 Å². The Kier molecular flexibility index (Phi) is 4.45. The second kappa shape index (κ2) is 6.68. The van der Waals surface area contributed by atoms with E-state index in [1.165, 1.54) is 23.6 Å². The van der Waals surface area contributed by atoms with Crippen LogP contribution in [0.1, 0.15) is 5.56 Å². The quantitative estimate of drug-likeness (QED) is 0.374. The van der Waals surface area contributed by atoms with Crippen LogP contribution in [-0.2, 0) is 0 Å². The Morgan fingerprint density at radius 3 is 2.70 bits per heavy atom. The molecule has 0 aliphatic rings. The lowest BCUT2D eigenvalue weighted by Crippen LogP contribution is -1.90. The molecule has 23 heavy (non-hydrogen) atoms. The van der Waals surface area contributed by atoms with Crippen molar-refractivity contribution >= 4 is 34.3 Å². The van der Waals surface area contributed by atoms with Gasteiger partial charge in [0.25, 0.3) is 0 Å². The molecule has 0 aliphatic carbocycles. The number of phenolic OH excluding ortho intramolecular Hbond substituents is 2. The number of hydrogen-bond acceptors (Lipinski definition) is 6. The first-order valence-corrected chi connectivity index (χ1v) is 7.91. The number of hydrazone groups is 1. The van der Waals surface area contributed by atoms with Crippen molar-refractivity contribution in [3.8, 4) is 22.8 Å². The number of thiazole rings is 1. The highest BCUT2D eigenvalue weighted by atomic mass is 35.5. The molecule has 3 N–H and O–H groups in total. The van der Waals surface area contributed by atoms with E-state index in [0.29, 0.717) is 15.7 Å². The van der Waals surface area contributed by atoms with Gasteiger partial charge in [-0.1, -0.05) is 29.8 Å². The molecule has 1 aromatic heterocycles. The summed E-state index contributed by atoms with van der Waals surface area (Å²) in [5.41, 5.74) is 5.00. The van der Waals surface area contributed by atoms with E-state index in [0.717, 1.165) is 11.3 Å². The zero-order valence-corrected chi connectivity index (χ0v) is 13.3. The monoisotopic (exact) mass is 345 g/mol.